The predicted octanol–water partition coefficient (Wildman–Crippen LogP) is 3.16. The molecule has 1 heterocycles. The molecule has 1 atom stereocenters. The molecular weight excluding hydrogens is 347 g/mol. The Bertz CT molecular complexity index is 806. The zero-order valence-electron chi connectivity index (χ0n) is 12.1. The summed E-state index contributed by atoms with van der Waals surface area (Å²) in [5.74, 6) is -3.39. The largest absolute Gasteiger partial charge is 0.447 e. The number of amides is 1. The minimum atomic E-state index is -1.25. The van der Waals surface area contributed by atoms with Crippen molar-refractivity contribution in [3.05, 3.63) is 57.0 Å². The highest BCUT2D eigenvalue weighted by atomic mass is 35.5. The lowest BCUT2D eigenvalue weighted by Gasteiger charge is -2.13. The third-order valence-corrected chi connectivity index (χ3v) is 3.13. The van der Waals surface area contributed by atoms with Crippen LogP contribution in [-0.4, -0.2) is 22.9 Å². The molecule has 0 aliphatic rings. The van der Waals surface area contributed by atoms with E-state index in [1.165, 1.54) is 13.0 Å². The van der Waals surface area contributed by atoms with Crippen molar-refractivity contribution < 1.29 is 28.1 Å². The number of nitrogens with zero attached hydrogens (tertiary/aromatic N) is 1. The Morgan fingerprint density at radius 3 is 2.67 bits per heavy atom. The Morgan fingerprint density at radius 2 is 2.08 bits per heavy atom. The molecule has 10 heteroatoms. The first kappa shape index (κ1) is 17.4. The summed E-state index contributed by atoms with van der Waals surface area (Å²) in [4.78, 5) is 33.4. The number of carbonyl (C=O) groups is 2. The molecule has 0 aliphatic carbocycles. The first-order valence-corrected chi connectivity index (χ1v) is 6.87. The van der Waals surface area contributed by atoms with Crippen LogP contribution in [0, 0.1) is 15.9 Å². The van der Waals surface area contributed by atoms with Crippen LogP contribution >= 0.6 is 11.6 Å². The highest BCUT2D eigenvalue weighted by Gasteiger charge is 2.24. The molecule has 24 heavy (non-hydrogen) atoms. The smallest absolute Gasteiger partial charge is 0.433 e. The van der Waals surface area contributed by atoms with Gasteiger partial charge in [-0.15, -0.1) is 0 Å². The number of anilines is 1. The molecule has 1 N–H and O–H groups in total. The fourth-order valence-corrected chi connectivity index (χ4v) is 1.85. The summed E-state index contributed by atoms with van der Waals surface area (Å²) in [5, 5.41) is 12.8. The van der Waals surface area contributed by atoms with E-state index < -0.39 is 40.4 Å². The number of hydrogen-bond donors (Lipinski definition) is 1. The Balaban J connectivity index is 2.00. The molecule has 0 saturated carbocycles. The van der Waals surface area contributed by atoms with Gasteiger partial charge in [-0.3, -0.25) is 14.9 Å². The van der Waals surface area contributed by atoms with Gasteiger partial charge in [-0.25, -0.2) is 9.18 Å². The Hall–Kier alpha value is -2.94. The van der Waals surface area contributed by atoms with Gasteiger partial charge < -0.3 is 14.5 Å². The van der Waals surface area contributed by atoms with Gasteiger partial charge in [0.05, 0.1) is 16.8 Å². The molecule has 0 spiro atoms. The van der Waals surface area contributed by atoms with Crippen molar-refractivity contribution >= 4 is 35.0 Å². The van der Waals surface area contributed by atoms with E-state index in [0.29, 0.717) is 0 Å². The summed E-state index contributed by atoms with van der Waals surface area (Å²) in [7, 11) is 0. The number of furan rings is 1. The maximum atomic E-state index is 12.9. The van der Waals surface area contributed by atoms with Crippen LogP contribution in [0.25, 0.3) is 0 Å². The van der Waals surface area contributed by atoms with Crippen LogP contribution in [0.2, 0.25) is 5.02 Å². The monoisotopic (exact) mass is 356 g/mol. The van der Waals surface area contributed by atoms with E-state index >= 15 is 0 Å². The van der Waals surface area contributed by atoms with E-state index in [1.54, 1.807) is 0 Å². The van der Waals surface area contributed by atoms with Crippen molar-refractivity contribution in [3.8, 4) is 0 Å². The zero-order valence-corrected chi connectivity index (χ0v) is 12.9. The third kappa shape index (κ3) is 4.07. The number of halogens is 2. The number of benzene rings is 1. The fraction of sp³-hybridized carbons (Fsp3) is 0.143. The van der Waals surface area contributed by atoms with Crippen molar-refractivity contribution in [2.24, 2.45) is 0 Å². The standard InChI is InChI=1S/C14H10ClFN2O6/c1-7(13(19)17-10-3-2-8(16)6-9(10)15)23-14(20)11-4-5-12(24-11)18(21)22/h2-7H,1H3,(H,17,19)/t7-/m1/s1. The average molecular weight is 357 g/mol. The molecule has 8 nitrogen and oxygen atoms in total. The van der Waals surface area contributed by atoms with Crippen LogP contribution < -0.4 is 5.32 Å². The molecule has 0 saturated heterocycles. The summed E-state index contributed by atoms with van der Waals surface area (Å²) in [6.45, 7) is 1.28. The van der Waals surface area contributed by atoms with Crippen LogP contribution in [0.15, 0.2) is 34.7 Å². The minimum absolute atomic E-state index is 0.0245. The second kappa shape index (κ2) is 7.09. The molecule has 2 aromatic rings. The van der Waals surface area contributed by atoms with Gasteiger partial charge in [-0.1, -0.05) is 11.6 Å². The maximum Gasteiger partial charge on any atom is 0.433 e. The topological polar surface area (TPSA) is 112 Å². The van der Waals surface area contributed by atoms with Crippen LogP contribution in [0.5, 0.6) is 0 Å². The summed E-state index contributed by atoms with van der Waals surface area (Å²) in [6.07, 6.45) is -1.25. The maximum absolute atomic E-state index is 12.9. The average Bonchev–Trinajstić information content (AvgIpc) is 3.00. The Labute approximate surface area is 139 Å². The van der Waals surface area contributed by atoms with Crippen molar-refractivity contribution in [1.82, 2.24) is 0 Å². The van der Waals surface area contributed by atoms with Crippen LogP contribution in [-0.2, 0) is 9.53 Å². The molecule has 0 bridgehead atoms. The molecule has 126 valence electrons. The molecule has 2 rings (SSSR count). The number of hydrogen-bond acceptors (Lipinski definition) is 6. The quantitative estimate of drug-likeness (QED) is 0.500. The van der Waals surface area contributed by atoms with E-state index in [9.17, 15) is 24.1 Å². The van der Waals surface area contributed by atoms with E-state index in [2.05, 4.69) is 9.73 Å². The highest BCUT2D eigenvalue weighted by Crippen LogP contribution is 2.23. The lowest BCUT2D eigenvalue weighted by atomic mass is 10.3. The molecule has 0 unspecified atom stereocenters. The van der Waals surface area contributed by atoms with Crippen LogP contribution in [0.3, 0.4) is 0 Å². The van der Waals surface area contributed by atoms with Gasteiger partial charge in [0.2, 0.25) is 5.76 Å². The van der Waals surface area contributed by atoms with Gasteiger partial charge in [0.1, 0.15) is 10.7 Å². The van der Waals surface area contributed by atoms with Gasteiger partial charge in [-0.05, 0) is 31.2 Å². The summed E-state index contributed by atoms with van der Waals surface area (Å²) >= 11 is 5.77. The van der Waals surface area contributed by atoms with Gasteiger partial charge >= 0.3 is 11.9 Å². The third-order valence-electron chi connectivity index (χ3n) is 2.81. The molecular formula is C14H10ClFN2O6. The number of ether oxygens (including phenoxy) is 1. The van der Waals surface area contributed by atoms with E-state index in [1.807, 2.05) is 0 Å². The number of nitrogens with one attached hydrogen (secondary N) is 1. The van der Waals surface area contributed by atoms with Crippen LogP contribution in [0.1, 0.15) is 17.5 Å². The fourth-order valence-electron chi connectivity index (χ4n) is 1.63. The molecule has 0 radical (unpaired) electrons. The predicted molar refractivity (Wildman–Crippen MR) is 80.3 cm³/mol. The molecule has 0 aliphatic heterocycles. The molecule has 0 fully saturated rings. The summed E-state index contributed by atoms with van der Waals surface area (Å²) in [5.41, 5.74) is 0.139. The highest BCUT2D eigenvalue weighted by molar-refractivity contribution is 6.33. The number of carbonyl (C=O) groups excluding carboxylic acids is 2. The van der Waals surface area contributed by atoms with Crippen molar-refractivity contribution in [3.63, 3.8) is 0 Å². The Kier molecular flexibility index (Phi) is 5.14. The van der Waals surface area contributed by atoms with Gasteiger partial charge in [0.25, 0.3) is 5.91 Å². The van der Waals surface area contributed by atoms with Gasteiger partial charge in [-0.2, -0.15) is 0 Å². The van der Waals surface area contributed by atoms with E-state index in [0.717, 1.165) is 24.3 Å². The number of rotatable bonds is 5. The molecule has 1 aromatic heterocycles. The first-order chi connectivity index (χ1) is 11.3. The van der Waals surface area contributed by atoms with E-state index in [-0.39, 0.29) is 10.7 Å². The van der Waals surface area contributed by atoms with Crippen molar-refractivity contribution in [2.45, 2.75) is 13.0 Å². The summed E-state index contributed by atoms with van der Waals surface area (Å²) < 4.78 is 22.4. The first-order valence-electron chi connectivity index (χ1n) is 6.49. The van der Waals surface area contributed by atoms with Crippen molar-refractivity contribution in [1.29, 1.82) is 0 Å². The lowest BCUT2D eigenvalue weighted by Crippen LogP contribution is -2.30. The second-order valence-electron chi connectivity index (χ2n) is 4.56. The van der Waals surface area contributed by atoms with Gasteiger partial charge in [0, 0.05) is 0 Å². The minimum Gasteiger partial charge on any atom is -0.447 e. The number of nitro groups is 1. The molecule has 1 amide bonds. The SMILES string of the molecule is C[C@@H](OC(=O)c1ccc([N+](=O)[O-])o1)C(=O)Nc1ccc(F)cc1Cl. The summed E-state index contributed by atoms with van der Waals surface area (Å²) in [6, 6.07) is 5.40. The molecule has 1 aromatic carbocycles. The second-order valence-corrected chi connectivity index (χ2v) is 4.96. The zero-order chi connectivity index (χ0) is 17.9. The normalized spacial score (nSPS) is 11.6. The number of esters is 1. The van der Waals surface area contributed by atoms with E-state index in [4.69, 9.17) is 16.3 Å². The Morgan fingerprint density at radius 1 is 1.38 bits per heavy atom. The van der Waals surface area contributed by atoms with Crippen LogP contribution in [0.4, 0.5) is 16.0 Å². The van der Waals surface area contributed by atoms with Crippen molar-refractivity contribution in [2.75, 3.05) is 5.32 Å². The van der Waals surface area contributed by atoms with Gasteiger partial charge in [0.15, 0.2) is 6.10 Å². The lowest BCUT2D eigenvalue weighted by molar-refractivity contribution is -0.402.